The van der Waals surface area contributed by atoms with Crippen molar-refractivity contribution in [2.45, 2.75) is 25.3 Å². The quantitative estimate of drug-likeness (QED) is 0.238. The molecule has 0 aromatic carbocycles. The van der Waals surface area contributed by atoms with Crippen LogP contribution in [-0.2, 0) is 14.2 Å². The summed E-state index contributed by atoms with van der Waals surface area (Å²) in [6, 6.07) is -0.406. The number of carbonyl (C=O) groups excluding carboxylic acids is 1. The first-order valence-electron chi connectivity index (χ1n) is 5.00. The molecule has 0 spiro atoms. The third-order valence-electron chi connectivity index (χ3n) is 1.93. The summed E-state index contributed by atoms with van der Waals surface area (Å²) in [4.78, 5) is 15.2. The maximum Gasteiger partial charge on any atom is 0.323 e. The van der Waals surface area contributed by atoms with Gasteiger partial charge >= 0.3 is 8.05 Å². The van der Waals surface area contributed by atoms with E-state index in [2.05, 4.69) is 9.65 Å². The van der Waals surface area contributed by atoms with Crippen molar-refractivity contribution in [1.29, 1.82) is 0 Å². The van der Waals surface area contributed by atoms with Gasteiger partial charge in [-0.25, -0.2) is 0 Å². The number of ether oxygens (including phenoxy) is 1. The summed E-state index contributed by atoms with van der Waals surface area (Å²) < 4.78 is 9.37. The van der Waals surface area contributed by atoms with E-state index in [1.807, 2.05) is 0 Å². The summed E-state index contributed by atoms with van der Waals surface area (Å²) in [7, 11) is 3.05. The fourth-order valence-corrected chi connectivity index (χ4v) is 1.10. The molecular weight excluding hydrogens is 195 g/mol. The molecule has 15 heavy (non-hydrogen) atoms. The number of Topliss-reactive ketones (excluding diaryl/α,β-unsaturated/α-hetero) is 1. The summed E-state index contributed by atoms with van der Waals surface area (Å²) >= 11 is 0. The van der Waals surface area contributed by atoms with E-state index >= 15 is 0 Å². The number of nitrogens with zero attached hydrogens (tertiary/aromatic N) is 1. The van der Waals surface area contributed by atoms with Crippen LogP contribution in [0.3, 0.4) is 0 Å². The Bertz CT molecular complexity index is 200. The van der Waals surface area contributed by atoms with Crippen LogP contribution in [0.4, 0.5) is 0 Å². The molecule has 0 radical (unpaired) electrons. The van der Waals surface area contributed by atoms with E-state index in [-0.39, 0.29) is 12.4 Å². The van der Waals surface area contributed by atoms with Crippen molar-refractivity contribution in [3.63, 3.8) is 0 Å². The van der Waals surface area contributed by atoms with Gasteiger partial charge in [0.1, 0.15) is 6.61 Å². The Morgan fingerprint density at radius 1 is 1.60 bits per heavy atom. The third kappa shape index (κ3) is 8.14. The number of ketones is 1. The molecule has 6 heteroatoms. The molecule has 0 fully saturated rings. The standard InChI is InChI=1S/C9H19BN2O3/c1-14-6-9(13)8(11)4-2-3-5-12-7-15-10/h7-8H,2-6,10-11H2,1H3/t8-/m1/s1. The first-order valence-corrected chi connectivity index (χ1v) is 5.00. The van der Waals surface area contributed by atoms with Crippen molar-refractivity contribution in [2.75, 3.05) is 20.3 Å². The number of unbranched alkanes of at least 4 members (excludes halogenated alkanes) is 1. The molecule has 0 saturated carbocycles. The monoisotopic (exact) mass is 214 g/mol. The Balaban J connectivity index is 3.42. The molecule has 0 aliphatic carbocycles. The zero-order valence-corrected chi connectivity index (χ0v) is 9.44. The van der Waals surface area contributed by atoms with Gasteiger partial charge in [0.15, 0.2) is 12.2 Å². The van der Waals surface area contributed by atoms with Gasteiger partial charge in [-0.3, -0.25) is 9.79 Å². The number of rotatable bonds is 9. The van der Waals surface area contributed by atoms with Gasteiger partial charge in [-0.15, -0.1) is 0 Å². The molecule has 5 nitrogen and oxygen atoms in total. The maximum absolute atomic E-state index is 11.2. The van der Waals surface area contributed by atoms with Crippen molar-refractivity contribution in [2.24, 2.45) is 10.7 Å². The van der Waals surface area contributed by atoms with Crippen LogP contribution in [0.1, 0.15) is 19.3 Å². The summed E-state index contributed by atoms with van der Waals surface area (Å²) in [6.07, 6.45) is 3.90. The lowest BCUT2D eigenvalue weighted by Crippen LogP contribution is -2.33. The Hall–Kier alpha value is -0.875. The van der Waals surface area contributed by atoms with Crippen molar-refractivity contribution in [3.8, 4) is 0 Å². The van der Waals surface area contributed by atoms with Crippen molar-refractivity contribution < 1.29 is 14.2 Å². The Labute approximate surface area is 91.5 Å². The van der Waals surface area contributed by atoms with E-state index in [1.54, 1.807) is 8.05 Å². The average Bonchev–Trinajstić information content (AvgIpc) is 2.23. The number of hydrogen-bond donors (Lipinski definition) is 1. The number of methoxy groups -OCH3 is 1. The van der Waals surface area contributed by atoms with Crippen LogP contribution >= 0.6 is 0 Å². The van der Waals surface area contributed by atoms with Crippen LogP contribution in [-0.4, -0.2) is 46.5 Å². The first kappa shape index (κ1) is 14.1. The van der Waals surface area contributed by atoms with Gasteiger partial charge in [0.2, 0.25) is 0 Å². The van der Waals surface area contributed by atoms with E-state index in [0.29, 0.717) is 13.0 Å². The van der Waals surface area contributed by atoms with Crippen LogP contribution in [0, 0.1) is 0 Å². The maximum atomic E-state index is 11.2. The molecule has 0 aliphatic heterocycles. The summed E-state index contributed by atoms with van der Waals surface area (Å²) in [6.45, 7) is 0.808. The van der Waals surface area contributed by atoms with Crippen molar-refractivity contribution >= 4 is 20.2 Å². The Kier molecular flexibility index (Phi) is 9.11. The second kappa shape index (κ2) is 9.67. The summed E-state index contributed by atoms with van der Waals surface area (Å²) in [5.74, 6) is -0.0436. The van der Waals surface area contributed by atoms with Crippen molar-refractivity contribution in [1.82, 2.24) is 0 Å². The fraction of sp³-hybridized carbons (Fsp3) is 0.778. The molecule has 0 amide bonds. The number of aliphatic imine (C=N–C) groups is 1. The minimum absolute atomic E-state index is 0.0436. The second-order valence-electron chi connectivity index (χ2n) is 3.25. The first-order chi connectivity index (χ1) is 7.22. The highest BCUT2D eigenvalue weighted by Crippen LogP contribution is 2.00. The average molecular weight is 214 g/mol. The zero-order valence-electron chi connectivity index (χ0n) is 9.44. The predicted molar refractivity (Wildman–Crippen MR) is 61.7 cm³/mol. The predicted octanol–water partition coefficient (Wildman–Crippen LogP) is -0.707. The second-order valence-corrected chi connectivity index (χ2v) is 3.25. The van der Waals surface area contributed by atoms with Crippen molar-refractivity contribution in [3.05, 3.63) is 0 Å². The Morgan fingerprint density at radius 3 is 2.93 bits per heavy atom. The van der Waals surface area contributed by atoms with Crippen LogP contribution in [0.2, 0.25) is 0 Å². The van der Waals surface area contributed by atoms with Crippen LogP contribution < -0.4 is 5.73 Å². The lowest BCUT2D eigenvalue weighted by atomic mass is 10.1. The summed E-state index contributed by atoms with van der Waals surface area (Å²) in [5.41, 5.74) is 5.65. The molecule has 0 bridgehead atoms. The molecule has 86 valence electrons. The summed E-state index contributed by atoms with van der Waals surface area (Å²) in [5, 5.41) is 0. The molecule has 0 heterocycles. The molecule has 0 unspecified atom stereocenters. The number of hydrogen-bond acceptors (Lipinski definition) is 5. The van der Waals surface area contributed by atoms with E-state index in [0.717, 1.165) is 12.8 Å². The molecule has 1 atom stereocenters. The highest BCUT2D eigenvalue weighted by Gasteiger charge is 2.11. The molecule has 0 aliphatic rings. The van der Waals surface area contributed by atoms with E-state index in [1.165, 1.54) is 13.5 Å². The number of carbonyl (C=O) groups is 1. The molecule has 0 aromatic heterocycles. The van der Waals surface area contributed by atoms with E-state index < -0.39 is 6.04 Å². The topological polar surface area (TPSA) is 73.9 Å². The van der Waals surface area contributed by atoms with Gasteiger partial charge in [0.05, 0.1) is 6.04 Å². The fourth-order valence-electron chi connectivity index (χ4n) is 1.10. The smallest absolute Gasteiger partial charge is 0.323 e. The minimum Gasteiger partial charge on any atom is -0.560 e. The third-order valence-corrected chi connectivity index (χ3v) is 1.93. The van der Waals surface area contributed by atoms with Gasteiger partial charge in [-0.2, -0.15) is 0 Å². The van der Waals surface area contributed by atoms with Gasteiger partial charge in [0.25, 0.3) is 0 Å². The van der Waals surface area contributed by atoms with Gasteiger partial charge < -0.3 is 15.1 Å². The van der Waals surface area contributed by atoms with Crippen LogP contribution in [0.15, 0.2) is 4.99 Å². The van der Waals surface area contributed by atoms with Gasteiger partial charge in [-0.05, 0) is 19.3 Å². The lowest BCUT2D eigenvalue weighted by molar-refractivity contribution is -0.124. The zero-order chi connectivity index (χ0) is 11.5. The molecule has 0 rings (SSSR count). The molecule has 0 saturated heterocycles. The lowest BCUT2D eigenvalue weighted by Gasteiger charge is -2.08. The largest absolute Gasteiger partial charge is 0.560 e. The SMILES string of the molecule is BOC=NCCCC[C@@H](N)C(=O)COC. The highest BCUT2D eigenvalue weighted by molar-refractivity contribution is 6.02. The normalized spacial score (nSPS) is 12.9. The molecule has 2 N–H and O–H groups in total. The molecular formula is C9H19BN2O3. The number of nitrogens with two attached hydrogens (primary N) is 1. The van der Waals surface area contributed by atoms with Gasteiger partial charge in [-0.1, -0.05) is 0 Å². The highest BCUT2D eigenvalue weighted by atomic mass is 16.5. The van der Waals surface area contributed by atoms with E-state index in [9.17, 15) is 4.79 Å². The Morgan fingerprint density at radius 2 is 2.33 bits per heavy atom. The minimum atomic E-state index is -0.406. The molecule has 0 aromatic rings. The van der Waals surface area contributed by atoms with Crippen LogP contribution in [0.5, 0.6) is 0 Å². The van der Waals surface area contributed by atoms with Crippen LogP contribution in [0.25, 0.3) is 0 Å². The van der Waals surface area contributed by atoms with E-state index in [4.69, 9.17) is 10.5 Å². The van der Waals surface area contributed by atoms with Gasteiger partial charge in [0, 0.05) is 13.7 Å².